The summed E-state index contributed by atoms with van der Waals surface area (Å²) in [7, 11) is 0. The molecule has 1 aliphatic rings. The summed E-state index contributed by atoms with van der Waals surface area (Å²) in [4.78, 5) is 0. The third-order valence-corrected chi connectivity index (χ3v) is 3.85. The fourth-order valence-electron chi connectivity index (χ4n) is 2.14. The maximum Gasteiger partial charge on any atom is 0.0860 e. The van der Waals surface area contributed by atoms with E-state index in [0.29, 0.717) is 0 Å². The Hall–Kier alpha value is -0.580. The van der Waals surface area contributed by atoms with Crippen LogP contribution in [0.1, 0.15) is 31.7 Å². The van der Waals surface area contributed by atoms with Crippen molar-refractivity contribution in [2.45, 2.75) is 45.8 Å². The molecule has 0 radical (unpaired) electrons. The monoisotopic (exact) mass is 257 g/mol. The predicted octanol–water partition coefficient (Wildman–Crippen LogP) is 2.13. The van der Waals surface area contributed by atoms with E-state index in [1.165, 1.54) is 0 Å². The zero-order valence-corrected chi connectivity index (χ0v) is 11.5. The van der Waals surface area contributed by atoms with Gasteiger partial charge in [-0.05, 0) is 27.2 Å². The van der Waals surface area contributed by atoms with E-state index in [4.69, 9.17) is 16.3 Å². The molecule has 4 nitrogen and oxygen atoms in total. The van der Waals surface area contributed by atoms with Gasteiger partial charge in [-0.2, -0.15) is 5.10 Å². The lowest BCUT2D eigenvalue weighted by atomic mass is 10.0. The molecule has 0 bridgehead atoms. The molecule has 0 aliphatic carbocycles. The Balaban J connectivity index is 2.08. The van der Waals surface area contributed by atoms with Crippen LogP contribution < -0.4 is 5.32 Å². The minimum atomic E-state index is 0.0695. The van der Waals surface area contributed by atoms with Crippen LogP contribution in [0.5, 0.6) is 0 Å². The number of halogens is 1. The molecule has 2 heterocycles. The average molecular weight is 258 g/mol. The first-order chi connectivity index (χ1) is 8.06. The molecular weight excluding hydrogens is 238 g/mol. The van der Waals surface area contributed by atoms with E-state index in [1.807, 2.05) is 11.6 Å². The molecule has 1 saturated heterocycles. The van der Waals surface area contributed by atoms with Crippen molar-refractivity contribution >= 4 is 11.6 Å². The van der Waals surface area contributed by atoms with Gasteiger partial charge in [0.05, 0.1) is 23.0 Å². The van der Waals surface area contributed by atoms with Crippen molar-refractivity contribution in [1.82, 2.24) is 15.1 Å². The molecule has 2 rings (SSSR count). The third-order valence-electron chi connectivity index (χ3n) is 3.35. The number of nitrogens with one attached hydrogen (secondary N) is 1. The van der Waals surface area contributed by atoms with Gasteiger partial charge in [-0.1, -0.05) is 11.6 Å². The van der Waals surface area contributed by atoms with E-state index in [-0.39, 0.29) is 5.54 Å². The highest BCUT2D eigenvalue weighted by Gasteiger charge is 2.29. The quantitative estimate of drug-likeness (QED) is 0.898. The molecule has 0 aromatic carbocycles. The lowest BCUT2D eigenvalue weighted by Gasteiger charge is -2.23. The van der Waals surface area contributed by atoms with Crippen LogP contribution in [0.25, 0.3) is 0 Å². The van der Waals surface area contributed by atoms with Crippen LogP contribution >= 0.6 is 11.6 Å². The van der Waals surface area contributed by atoms with Gasteiger partial charge in [-0.25, -0.2) is 0 Å². The van der Waals surface area contributed by atoms with Gasteiger partial charge in [-0.15, -0.1) is 0 Å². The molecule has 5 heteroatoms. The van der Waals surface area contributed by atoms with Crippen LogP contribution in [0.4, 0.5) is 0 Å². The summed E-state index contributed by atoms with van der Waals surface area (Å²) < 4.78 is 7.38. The molecule has 0 saturated carbocycles. The molecule has 0 spiro atoms. The third kappa shape index (κ3) is 2.64. The van der Waals surface area contributed by atoms with Gasteiger partial charge in [0.25, 0.3) is 0 Å². The fraction of sp³-hybridized carbons (Fsp3) is 0.750. The zero-order valence-electron chi connectivity index (χ0n) is 10.7. The summed E-state index contributed by atoms with van der Waals surface area (Å²) in [5.41, 5.74) is 2.04. The average Bonchev–Trinajstić information content (AvgIpc) is 2.84. The van der Waals surface area contributed by atoms with E-state index in [0.717, 1.165) is 49.1 Å². The number of rotatable bonds is 4. The van der Waals surface area contributed by atoms with Crippen LogP contribution in [-0.4, -0.2) is 28.5 Å². The van der Waals surface area contributed by atoms with Gasteiger partial charge in [0, 0.05) is 25.2 Å². The van der Waals surface area contributed by atoms with E-state index in [2.05, 4.69) is 24.3 Å². The van der Waals surface area contributed by atoms with E-state index < -0.39 is 0 Å². The fourth-order valence-corrected chi connectivity index (χ4v) is 2.34. The van der Waals surface area contributed by atoms with Gasteiger partial charge >= 0.3 is 0 Å². The Morgan fingerprint density at radius 1 is 1.59 bits per heavy atom. The lowest BCUT2D eigenvalue weighted by Crippen LogP contribution is -2.42. The molecule has 0 amide bonds. The molecule has 17 heavy (non-hydrogen) atoms. The number of hydrogen-bond acceptors (Lipinski definition) is 3. The molecule has 1 aromatic heterocycles. The lowest BCUT2D eigenvalue weighted by molar-refractivity contribution is 0.171. The molecule has 1 fully saturated rings. The molecule has 1 atom stereocenters. The van der Waals surface area contributed by atoms with E-state index >= 15 is 0 Å². The van der Waals surface area contributed by atoms with Crippen molar-refractivity contribution in [2.24, 2.45) is 0 Å². The highest BCUT2D eigenvalue weighted by atomic mass is 35.5. The summed E-state index contributed by atoms with van der Waals surface area (Å²) in [6.07, 6.45) is 1.05. The first-order valence-corrected chi connectivity index (χ1v) is 6.48. The number of nitrogens with zero attached hydrogens (tertiary/aromatic N) is 2. The Labute approximate surface area is 107 Å². The maximum atomic E-state index is 6.27. The standard InChI is InChI=1S/C12H20ClN3O/c1-4-16-10(11(13)9(2)15-16)7-14-12(3)5-6-17-8-12/h14H,4-8H2,1-3H3. The van der Waals surface area contributed by atoms with Crippen molar-refractivity contribution in [1.29, 1.82) is 0 Å². The second kappa shape index (κ2) is 4.96. The van der Waals surface area contributed by atoms with Crippen LogP contribution in [0.15, 0.2) is 0 Å². The minimum absolute atomic E-state index is 0.0695. The first-order valence-electron chi connectivity index (χ1n) is 6.10. The molecule has 96 valence electrons. The topological polar surface area (TPSA) is 39.1 Å². The predicted molar refractivity (Wildman–Crippen MR) is 68.3 cm³/mol. The summed E-state index contributed by atoms with van der Waals surface area (Å²) in [5.74, 6) is 0. The molecule has 1 unspecified atom stereocenters. The molecular formula is C12H20ClN3O. The Kier molecular flexibility index (Phi) is 3.76. The minimum Gasteiger partial charge on any atom is -0.379 e. The highest BCUT2D eigenvalue weighted by Crippen LogP contribution is 2.23. The van der Waals surface area contributed by atoms with Crippen molar-refractivity contribution in [2.75, 3.05) is 13.2 Å². The Morgan fingerprint density at radius 3 is 2.94 bits per heavy atom. The number of ether oxygens (including phenoxy) is 1. The van der Waals surface area contributed by atoms with Crippen molar-refractivity contribution < 1.29 is 4.74 Å². The Bertz CT molecular complexity index is 397. The van der Waals surface area contributed by atoms with Crippen LogP contribution in [-0.2, 0) is 17.8 Å². The maximum absolute atomic E-state index is 6.27. The molecule has 1 aliphatic heterocycles. The second-order valence-electron chi connectivity index (χ2n) is 4.88. The largest absolute Gasteiger partial charge is 0.379 e. The normalized spacial score (nSPS) is 24.5. The SMILES string of the molecule is CCn1nc(C)c(Cl)c1CNC1(C)CCOC1. The van der Waals surface area contributed by atoms with Gasteiger partial charge in [0.2, 0.25) is 0 Å². The second-order valence-corrected chi connectivity index (χ2v) is 5.26. The first kappa shape index (κ1) is 12.9. The highest BCUT2D eigenvalue weighted by molar-refractivity contribution is 6.31. The summed E-state index contributed by atoms with van der Waals surface area (Å²) in [6, 6.07) is 0. The van der Waals surface area contributed by atoms with Crippen molar-refractivity contribution in [3.05, 3.63) is 16.4 Å². The molecule has 1 aromatic rings. The summed E-state index contributed by atoms with van der Waals surface area (Å²) >= 11 is 6.27. The van der Waals surface area contributed by atoms with Crippen molar-refractivity contribution in [3.8, 4) is 0 Å². The van der Waals surface area contributed by atoms with Crippen LogP contribution in [0.3, 0.4) is 0 Å². The Morgan fingerprint density at radius 2 is 2.35 bits per heavy atom. The smallest absolute Gasteiger partial charge is 0.0860 e. The van der Waals surface area contributed by atoms with Gasteiger partial charge < -0.3 is 10.1 Å². The van der Waals surface area contributed by atoms with Gasteiger partial charge in [0.1, 0.15) is 0 Å². The van der Waals surface area contributed by atoms with E-state index in [1.54, 1.807) is 0 Å². The van der Waals surface area contributed by atoms with Crippen LogP contribution in [0.2, 0.25) is 5.02 Å². The number of aromatic nitrogens is 2. The number of aryl methyl sites for hydroxylation is 2. The summed E-state index contributed by atoms with van der Waals surface area (Å²) in [6.45, 7) is 9.40. The van der Waals surface area contributed by atoms with Crippen molar-refractivity contribution in [3.63, 3.8) is 0 Å². The number of hydrogen-bond donors (Lipinski definition) is 1. The van der Waals surface area contributed by atoms with Crippen LogP contribution in [0, 0.1) is 6.92 Å². The summed E-state index contributed by atoms with van der Waals surface area (Å²) in [5, 5.41) is 8.72. The van der Waals surface area contributed by atoms with Gasteiger partial charge in [-0.3, -0.25) is 4.68 Å². The zero-order chi connectivity index (χ0) is 12.5. The van der Waals surface area contributed by atoms with E-state index in [9.17, 15) is 0 Å². The van der Waals surface area contributed by atoms with Gasteiger partial charge in [0.15, 0.2) is 0 Å². The molecule has 1 N–H and O–H groups in total.